The molecule has 1 amide bonds. The first kappa shape index (κ1) is 14.7. The Morgan fingerprint density at radius 3 is 2.00 bits per heavy atom. The van der Waals surface area contributed by atoms with Crippen LogP contribution in [-0.2, 0) is 14.3 Å². The summed E-state index contributed by atoms with van der Waals surface area (Å²) in [7, 11) is 2.46. The monoisotopic (exact) mass is 290 g/mol. The lowest BCUT2D eigenvalue weighted by Gasteiger charge is -2.14. The predicted octanol–water partition coefficient (Wildman–Crippen LogP) is 1.37. The van der Waals surface area contributed by atoms with Gasteiger partial charge in [-0.1, -0.05) is 0 Å². The number of carbonyl (C=O) groups is 3. The number of methoxy groups -OCH3 is 2. The highest BCUT2D eigenvalue weighted by molar-refractivity contribution is 6.12. The quantitative estimate of drug-likeness (QED) is 0.785. The van der Waals surface area contributed by atoms with Gasteiger partial charge < -0.3 is 9.47 Å². The summed E-state index contributed by atoms with van der Waals surface area (Å²) >= 11 is 0. The molecular formula is C14H14N2O5. The maximum Gasteiger partial charge on any atom is 0.337 e. The van der Waals surface area contributed by atoms with E-state index in [2.05, 4.69) is 14.6 Å². The van der Waals surface area contributed by atoms with Crippen LogP contribution in [0.4, 0.5) is 5.69 Å². The number of amides is 1. The van der Waals surface area contributed by atoms with Gasteiger partial charge in [-0.25, -0.2) is 14.6 Å². The molecular weight excluding hydrogens is 276 g/mol. The molecule has 7 heteroatoms. The maximum absolute atomic E-state index is 11.9. The number of hydrazone groups is 1. The van der Waals surface area contributed by atoms with Gasteiger partial charge in [0, 0.05) is 5.71 Å². The minimum atomic E-state index is -0.616. The van der Waals surface area contributed by atoms with Gasteiger partial charge in [0.1, 0.15) is 0 Å². The molecule has 0 aromatic heterocycles. The number of hydrogen-bond acceptors (Lipinski definition) is 6. The van der Waals surface area contributed by atoms with Crippen LogP contribution in [0, 0.1) is 0 Å². The number of ether oxygens (including phenoxy) is 2. The molecule has 1 aliphatic heterocycles. The van der Waals surface area contributed by atoms with Gasteiger partial charge in [0.25, 0.3) is 5.91 Å². The summed E-state index contributed by atoms with van der Waals surface area (Å²) in [6, 6.07) is 4.23. The van der Waals surface area contributed by atoms with Crippen molar-refractivity contribution < 1.29 is 23.9 Å². The molecule has 0 atom stereocenters. The van der Waals surface area contributed by atoms with Gasteiger partial charge in [0.05, 0.1) is 37.5 Å². The molecule has 0 N–H and O–H groups in total. The molecule has 0 spiro atoms. The third-order valence-electron chi connectivity index (χ3n) is 2.92. The van der Waals surface area contributed by atoms with Crippen LogP contribution in [0.15, 0.2) is 23.3 Å². The zero-order valence-corrected chi connectivity index (χ0v) is 11.9. The van der Waals surface area contributed by atoms with E-state index >= 15 is 0 Å². The molecule has 21 heavy (non-hydrogen) atoms. The summed E-state index contributed by atoms with van der Waals surface area (Å²) in [4.78, 5) is 35.2. The van der Waals surface area contributed by atoms with Gasteiger partial charge in [-0.2, -0.15) is 5.10 Å². The fourth-order valence-electron chi connectivity index (χ4n) is 1.96. The molecule has 1 aliphatic rings. The number of hydrogen-bond donors (Lipinski definition) is 0. The number of esters is 2. The van der Waals surface area contributed by atoms with Gasteiger partial charge in [-0.15, -0.1) is 0 Å². The minimum absolute atomic E-state index is 0.142. The third-order valence-corrected chi connectivity index (χ3v) is 2.92. The standard InChI is InChI=1S/C14H14N2O5/c1-8-4-12(17)16(15-8)11-6-9(13(18)20-2)5-10(7-11)14(19)21-3/h5-7H,4H2,1-3H3. The van der Waals surface area contributed by atoms with E-state index < -0.39 is 11.9 Å². The Balaban J connectivity index is 2.52. The average Bonchev–Trinajstić information content (AvgIpc) is 2.83. The SMILES string of the molecule is COC(=O)c1cc(C(=O)OC)cc(N2N=C(C)CC2=O)c1. The average molecular weight is 290 g/mol. The Labute approximate surface area is 121 Å². The molecule has 0 fully saturated rings. The predicted molar refractivity (Wildman–Crippen MR) is 74.3 cm³/mol. The summed E-state index contributed by atoms with van der Waals surface area (Å²) < 4.78 is 9.28. The lowest BCUT2D eigenvalue weighted by molar-refractivity contribution is -0.116. The van der Waals surface area contributed by atoms with Crippen molar-refractivity contribution in [3.05, 3.63) is 29.3 Å². The van der Waals surface area contributed by atoms with Crippen LogP contribution in [-0.4, -0.2) is 37.8 Å². The zero-order chi connectivity index (χ0) is 15.6. The Kier molecular flexibility index (Phi) is 4.02. The Morgan fingerprint density at radius 2 is 1.62 bits per heavy atom. The van der Waals surface area contributed by atoms with E-state index in [9.17, 15) is 14.4 Å². The van der Waals surface area contributed by atoms with Crippen LogP contribution in [0.1, 0.15) is 34.1 Å². The number of benzene rings is 1. The molecule has 1 heterocycles. The van der Waals surface area contributed by atoms with Gasteiger partial charge >= 0.3 is 11.9 Å². The fourth-order valence-corrected chi connectivity index (χ4v) is 1.96. The Bertz CT molecular complexity index is 617. The van der Waals surface area contributed by atoms with E-state index in [0.29, 0.717) is 11.4 Å². The van der Waals surface area contributed by atoms with E-state index in [-0.39, 0.29) is 23.5 Å². The van der Waals surface area contributed by atoms with Crippen LogP contribution in [0.25, 0.3) is 0 Å². The van der Waals surface area contributed by atoms with Crippen molar-refractivity contribution >= 4 is 29.2 Å². The highest BCUT2D eigenvalue weighted by atomic mass is 16.5. The van der Waals surface area contributed by atoms with Gasteiger partial charge in [0.15, 0.2) is 0 Å². The number of rotatable bonds is 3. The highest BCUT2D eigenvalue weighted by Gasteiger charge is 2.25. The first-order valence-corrected chi connectivity index (χ1v) is 6.15. The second-order valence-corrected chi connectivity index (χ2v) is 4.47. The van der Waals surface area contributed by atoms with Crippen molar-refractivity contribution in [1.29, 1.82) is 0 Å². The first-order valence-electron chi connectivity index (χ1n) is 6.15. The lowest BCUT2D eigenvalue weighted by Crippen LogP contribution is -2.21. The fraction of sp³-hybridized carbons (Fsp3) is 0.286. The van der Waals surface area contributed by atoms with Gasteiger partial charge in [-0.3, -0.25) is 4.79 Å². The number of anilines is 1. The summed E-state index contributed by atoms with van der Waals surface area (Å²) in [5.41, 5.74) is 1.26. The third kappa shape index (κ3) is 2.91. The highest BCUT2D eigenvalue weighted by Crippen LogP contribution is 2.24. The van der Waals surface area contributed by atoms with Crippen LogP contribution < -0.4 is 5.01 Å². The van der Waals surface area contributed by atoms with Crippen molar-refractivity contribution in [3.63, 3.8) is 0 Å². The topological polar surface area (TPSA) is 85.3 Å². The number of carbonyl (C=O) groups excluding carboxylic acids is 3. The van der Waals surface area contributed by atoms with Crippen molar-refractivity contribution in [2.75, 3.05) is 19.2 Å². The van der Waals surface area contributed by atoms with Crippen LogP contribution >= 0.6 is 0 Å². The molecule has 0 radical (unpaired) electrons. The zero-order valence-electron chi connectivity index (χ0n) is 11.9. The lowest BCUT2D eigenvalue weighted by atomic mass is 10.1. The maximum atomic E-state index is 11.9. The molecule has 0 saturated heterocycles. The minimum Gasteiger partial charge on any atom is -0.465 e. The largest absolute Gasteiger partial charge is 0.465 e. The summed E-state index contributed by atoms with van der Waals surface area (Å²) in [6.07, 6.45) is 0.204. The first-order chi connectivity index (χ1) is 9.96. The molecule has 1 aromatic rings. The van der Waals surface area contributed by atoms with Crippen molar-refractivity contribution in [1.82, 2.24) is 0 Å². The number of nitrogens with zero attached hydrogens (tertiary/aromatic N) is 2. The second kappa shape index (κ2) is 5.74. The summed E-state index contributed by atoms with van der Waals surface area (Å²) in [5, 5.41) is 5.25. The van der Waals surface area contributed by atoms with E-state index in [1.807, 2.05) is 0 Å². The molecule has 0 saturated carbocycles. The summed E-state index contributed by atoms with van der Waals surface area (Å²) in [5.74, 6) is -1.46. The van der Waals surface area contributed by atoms with E-state index in [1.165, 1.54) is 32.4 Å². The Hall–Kier alpha value is -2.70. The van der Waals surface area contributed by atoms with Crippen LogP contribution in [0.3, 0.4) is 0 Å². The normalized spacial score (nSPS) is 14.0. The second-order valence-electron chi connectivity index (χ2n) is 4.47. The molecule has 0 bridgehead atoms. The van der Waals surface area contributed by atoms with Gasteiger partial charge in [-0.05, 0) is 25.1 Å². The molecule has 0 unspecified atom stereocenters. The molecule has 1 aromatic carbocycles. The van der Waals surface area contributed by atoms with Crippen molar-refractivity contribution in [2.45, 2.75) is 13.3 Å². The van der Waals surface area contributed by atoms with E-state index in [1.54, 1.807) is 6.92 Å². The van der Waals surface area contributed by atoms with Crippen molar-refractivity contribution in [3.8, 4) is 0 Å². The molecule has 110 valence electrons. The van der Waals surface area contributed by atoms with E-state index in [4.69, 9.17) is 0 Å². The smallest absolute Gasteiger partial charge is 0.337 e. The molecule has 7 nitrogen and oxygen atoms in total. The van der Waals surface area contributed by atoms with Crippen LogP contribution in [0.2, 0.25) is 0 Å². The summed E-state index contributed by atoms with van der Waals surface area (Å²) in [6.45, 7) is 1.73. The molecule has 0 aliphatic carbocycles. The van der Waals surface area contributed by atoms with Crippen LogP contribution in [0.5, 0.6) is 0 Å². The van der Waals surface area contributed by atoms with E-state index in [0.717, 1.165) is 5.01 Å². The Morgan fingerprint density at radius 1 is 1.10 bits per heavy atom. The molecule has 2 rings (SSSR count). The van der Waals surface area contributed by atoms with Gasteiger partial charge in [0.2, 0.25) is 0 Å². The van der Waals surface area contributed by atoms with Crippen molar-refractivity contribution in [2.24, 2.45) is 5.10 Å².